The zero-order valence-electron chi connectivity index (χ0n) is 36.2. The lowest BCUT2D eigenvalue weighted by molar-refractivity contribution is 0.661. The van der Waals surface area contributed by atoms with E-state index in [9.17, 15) is 0 Å². The van der Waals surface area contributed by atoms with Crippen molar-refractivity contribution in [1.82, 2.24) is 24.1 Å². The molecule has 6 nitrogen and oxygen atoms in total. The van der Waals surface area contributed by atoms with Crippen LogP contribution in [0.1, 0.15) is 25.0 Å². The fourth-order valence-corrected chi connectivity index (χ4v) is 10.8. The summed E-state index contributed by atoms with van der Waals surface area (Å²) in [5.41, 5.74) is 16.5. The van der Waals surface area contributed by atoms with Gasteiger partial charge in [0.25, 0.3) is 0 Å². The number of fused-ring (bicyclic) bond motifs is 12. The molecule has 310 valence electrons. The highest BCUT2D eigenvalue weighted by molar-refractivity contribution is 6.18. The number of hydrogen-bond acceptors (Lipinski definition) is 4. The maximum absolute atomic E-state index is 6.53. The molecular formula is C60H39N5O. The molecule has 0 radical (unpaired) electrons. The van der Waals surface area contributed by atoms with Crippen LogP contribution in [0.15, 0.2) is 205 Å². The van der Waals surface area contributed by atoms with Crippen LogP contribution in [0, 0.1) is 0 Å². The van der Waals surface area contributed by atoms with E-state index in [0.29, 0.717) is 17.6 Å². The van der Waals surface area contributed by atoms with Gasteiger partial charge in [-0.1, -0.05) is 147 Å². The Labute approximate surface area is 379 Å². The molecule has 1 aliphatic carbocycles. The third-order valence-corrected chi connectivity index (χ3v) is 14.0. The molecule has 0 unspecified atom stereocenters. The van der Waals surface area contributed by atoms with Gasteiger partial charge in [0.1, 0.15) is 11.2 Å². The normalized spacial score (nSPS) is 13.1. The van der Waals surface area contributed by atoms with Crippen LogP contribution in [0.4, 0.5) is 0 Å². The van der Waals surface area contributed by atoms with Crippen LogP contribution in [0.25, 0.3) is 122 Å². The second-order valence-corrected chi connectivity index (χ2v) is 18.0. The molecule has 6 heteroatoms. The zero-order chi connectivity index (χ0) is 43.7. The lowest BCUT2D eigenvalue weighted by Gasteiger charge is -2.21. The highest BCUT2D eigenvalue weighted by Gasteiger charge is 2.36. The van der Waals surface area contributed by atoms with Gasteiger partial charge in [0.2, 0.25) is 5.95 Å². The van der Waals surface area contributed by atoms with E-state index < -0.39 is 0 Å². The summed E-state index contributed by atoms with van der Waals surface area (Å²) >= 11 is 0. The molecule has 0 spiro atoms. The zero-order valence-corrected chi connectivity index (χ0v) is 36.2. The minimum atomic E-state index is -0.111. The van der Waals surface area contributed by atoms with E-state index >= 15 is 0 Å². The third-order valence-electron chi connectivity index (χ3n) is 14.0. The molecule has 13 aromatic rings. The molecule has 0 aliphatic heterocycles. The van der Waals surface area contributed by atoms with Gasteiger partial charge in [-0.2, -0.15) is 9.97 Å². The van der Waals surface area contributed by atoms with Crippen molar-refractivity contribution in [3.05, 3.63) is 211 Å². The first kappa shape index (κ1) is 36.8. The molecule has 0 saturated heterocycles. The number of aromatic nitrogens is 5. The second kappa shape index (κ2) is 13.7. The van der Waals surface area contributed by atoms with Crippen LogP contribution >= 0.6 is 0 Å². The Morgan fingerprint density at radius 3 is 1.62 bits per heavy atom. The predicted octanol–water partition coefficient (Wildman–Crippen LogP) is 15.3. The highest BCUT2D eigenvalue weighted by atomic mass is 16.3. The van der Waals surface area contributed by atoms with Gasteiger partial charge in [-0.05, 0) is 94.0 Å². The minimum Gasteiger partial charge on any atom is -0.456 e. The molecule has 66 heavy (non-hydrogen) atoms. The molecule has 9 aromatic carbocycles. The Kier molecular flexibility index (Phi) is 7.64. The van der Waals surface area contributed by atoms with Gasteiger partial charge >= 0.3 is 0 Å². The van der Waals surface area contributed by atoms with Gasteiger partial charge in [0.15, 0.2) is 11.6 Å². The Balaban J connectivity index is 1.02. The van der Waals surface area contributed by atoms with Crippen molar-refractivity contribution in [2.75, 3.05) is 0 Å². The first-order chi connectivity index (χ1) is 32.5. The summed E-state index contributed by atoms with van der Waals surface area (Å²) in [6, 6.07) is 71.3. The van der Waals surface area contributed by atoms with Crippen molar-refractivity contribution in [2.45, 2.75) is 19.3 Å². The number of para-hydroxylation sites is 2. The standard InChI is InChI=1S/C60H39N5O/c1-60(2)49-24-14-12-22-41(49)43-32-46-44-30-38(26-28-51(44)64(53(46)34-50(43)60)40-20-10-5-11-21-40)39-27-29-52-45(31-39)47-33-48-42-23-13-15-25-55(42)66-56(48)35-54(47)65(52)59-62-57(36-16-6-3-7-17-36)61-58(63-59)37-18-8-4-9-19-37/h3-35H,1-2H3. The number of furan rings is 1. The highest BCUT2D eigenvalue weighted by Crippen LogP contribution is 2.51. The maximum Gasteiger partial charge on any atom is 0.238 e. The summed E-state index contributed by atoms with van der Waals surface area (Å²) in [4.78, 5) is 15.5. The molecule has 0 saturated carbocycles. The van der Waals surface area contributed by atoms with Gasteiger partial charge < -0.3 is 8.98 Å². The van der Waals surface area contributed by atoms with Crippen LogP contribution < -0.4 is 0 Å². The predicted molar refractivity (Wildman–Crippen MR) is 270 cm³/mol. The average Bonchev–Trinajstić information content (AvgIpc) is 4.07. The molecular weight excluding hydrogens is 807 g/mol. The van der Waals surface area contributed by atoms with Crippen LogP contribution in [0.3, 0.4) is 0 Å². The van der Waals surface area contributed by atoms with Crippen molar-refractivity contribution in [2.24, 2.45) is 0 Å². The summed E-state index contributed by atoms with van der Waals surface area (Å²) in [7, 11) is 0. The largest absolute Gasteiger partial charge is 0.456 e. The smallest absolute Gasteiger partial charge is 0.238 e. The van der Waals surface area contributed by atoms with E-state index in [1.165, 1.54) is 44.1 Å². The molecule has 0 N–H and O–H groups in total. The van der Waals surface area contributed by atoms with Gasteiger partial charge in [0.05, 0.1) is 22.1 Å². The van der Waals surface area contributed by atoms with Crippen LogP contribution in [0.2, 0.25) is 0 Å². The molecule has 0 fully saturated rings. The van der Waals surface area contributed by atoms with Crippen LogP contribution in [0.5, 0.6) is 0 Å². The van der Waals surface area contributed by atoms with Crippen molar-refractivity contribution in [1.29, 1.82) is 0 Å². The van der Waals surface area contributed by atoms with E-state index in [2.05, 4.69) is 150 Å². The van der Waals surface area contributed by atoms with Gasteiger partial charge in [-0.25, -0.2) is 4.98 Å². The SMILES string of the molecule is CC1(C)c2ccccc2-c2cc3c4cc(-c5ccc6c(c5)c5cc7c(cc5n6-c5nc(-c6ccccc6)nc(-c6ccccc6)n5)oc5ccccc57)ccc4n(-c4ccccc4)c3cc21. The first-order valence-corrected chi connectivity index (χ1v) is 22.5. The molecule has 0 atom stereocenters. The first-order valence-electron chi connectivity index (χ1n) is 22.5. The summed E-state index contributed by atoms with van der Waals surface area (Å²) < 4.78 is 11.1. The molecule has 4 heterocycles. The average molecular weight is 846 g/mol. The van der Waals surface area contributed by atoms with Crippen LogP contribution in [-0.4, -0.2) is 24.1 Å². The fraction of sp³-hybridized carbons (Fsp3) is 0.0500. The minimum absolute atomic E-state index is 0.111. The monoisotopic (exact) mass is 845 g/mol. The Bertz CT molecular complexity index is 4070. The van der Waals surface area contributed by atoms with Crippen LogP contribution in [-0.2, 0) is 5.41 Å². The number of rotatable bonds is 5. The van der Waals surface area contributed by atoms with E-state index in [-0.39, 0.29) is 5.41 Å². The molecule has 0 bridgehead atoms. The molecule has 14 rings (SSSR count). The van der Waals surface area contributed by atoms with E-state index in [1.54, 1.807) is 0 Å². The lowest BCUT2D eigenvalue weighted by Crippen LogP contribution is -2.14. The van der Waals surface area contributed by atoms with E-state index in [4.69, 9.17) is 19.4 Å². The fourth-order valence-electron chi connectivity index (χ4n) is 10.8. The number of hydrogen-bond donors (Lipinski definition) is 0. The van der Waals surface area contributed by atoms with E-state index in [1.807, 2.05) is 72.8 Å². The van der Waals surface area contributed by atoms with Gasteiger partial charge in [0, 0.05) is 60.6 Å². The summed E-state index contributed by atoms with van der Waals surface area (Å²) in [5, 5.41) is 6.81. The number of nitrogens with zero attached hydrogens (tertiary/aromatic N) is 5. The summed E-state index contributed by atoms with van der Waals surface area (Å²) in [6.45, 7) is 4.71. The lowest BCUT2D eigenvalue weighted by atomic mass is 9.82. The van der Waals surface area contributed by atoms with Crippen molar-refractivity contribution in [3.8, 4) is 56.7 Å². The third kappa shape index (κ3) is 5.33. The summed E-state index contributed by atoms with van der Waals surface area (Å²) in [6.07, 6.45) is 0. The second-order valence-electron chi connectivity index (χ2n) is 18.0. The quantitative estimate of drug-likeness (QED) is 0.173. The van der Waals surface area contributed by atoms with E-state index in [0.717, 1.165) is 71.7 Å². The Morgan fingerprint density at radius 2 is 0.924 bits per heavy atom. The topological polar surface area (TPSA) is 61.7 Å². The molecule has 1 aliphatic rings. The Morgan fingerprint density at radius 1 is 0.364 bits per heavy atom. The van der Waals surface area contributed by atoms with Crippen molar-refractivity contribution in [3.63, 3.8) is 0 Å². The number of benzene rings is 9. The van der Waals surface area contributed by atoms with Gasteiger partial charge in [-0.3, -0.25) is 4.57 Å². The van der Waals surface area contributed by atoms with Gasteiger partial charge in [-0.15, -0.1) is 0 Å². The van der Waals surface area contributed by atoms with Crippen molar-refractivity contribution >= 4 is 65.6 Å². The molecule has 4 aromatic heterocycles. The van der Waals surface area contributed by atoms with Crippen molar-refractivity contribution < 1.29 is 4.42 Å². The Hall–Kier alpha value is -8.61. The molecule has 0 amide bonds. The summed E-state index contributed by atoms with van der Waals surface area (Å²) in [5.74, 6) is 1.76. The maximum atomic E-state index is 6.53.